The van der Waals surface area contributed by atoms with Gasteiger partial charge in [-0.25, -0.2) is 0 Å². The van der Waals surface area contributed by atoms with Gasteiger partial charge in [0.2, 0.25) is 5.91 Å². The predicted molar refractivity (Wildman–Crippen MR) is 79.1 cm³/mol. The van der Waals surface area contributed by atoms with Crippen LogP contribution in [0.2, 0.25) is 0 Å². The summed E-state index contributed by atoms with van der Waals surface area (Å²) in [6.07, 6.45) is 3.21. The van der Waals surface area contributed by atoms with Crippen molar-refractivity contribution in [3.8, 4) is 0 Å². The van der Waals surface area contributed by atoms with Crippen LogP contribution in [0.3, 0.4) is 0 Å². The molecule has 2 fully saturated rings. The fraction of sp³-hybridized carbons (Fsp3) is 0.938. The maximum atomic E-state index is 12.4. The van der Waals surface area contributed by atoms with E-state index in [1.54, 1.807) is 0 Å². The van der Waals surface area contributed by atoms with Gasteiger partial charge in [0.1, 0.15) is 0 Å². The highest BCUT2D eigenvalue weighted by Gasteiger charge is 2.44. The number of hydrogen-bond donors (Lipinski definition) is 0. The van der Waals surface area contributed by atoms with Gasteiger partial charge < -0.3 is 4.90 Å². The lowest BCUT2D eigenvalue weighted by Crippen LogP contribution is -2.64. The molecule has 0 aromatic rings. The second kappa shape index (κ2) is 4.76. The molecule has 0 saturated carbocycles. The first-order valence-electron chi connectivity index (χ1n) is 7.68. The Bertz CT molecular complexity index is 351. The molecule has 110 valence electrons. The molecule has 3 heteroatoms. The van der Waals surface area contributed by atoms with Crippen LogP contribution in [0.4, 0.5) is 0 Å². The van der Waals surface area contributed by atoms with Gasteiger partial charge in [0.15, 0.2) is 0 Å². The topological polar surface area (TPSA) is 23.6 Å². The van der Waals surface area contributed by atoms with Crippen LogP contribution in [0.1, 0.15) is 60.8 Å². The molecule has 0 N–H and O–H groups in total. The molecule has 2 unspecified atom stereocenters. The van der Waals surface area contributed by atoms with E-state index in [0.717, 1.165) is 13.0 Å². The molecule has 2 saturated heterocycles. The molecule has 19 heavy (non-hydrogen) atoms. The van der Waals surface area contributed by atoms with E-state index in [2.05, 4.69) is 51.3 Å². The van der Waals surface area contributed by atoms with Gasteiger partial charge in [-0.3, -0.25) is 9.69 Å². The van der Waals surface area contributed by atoms with Gasteiger partial charge in [-0.1, -0.05) is 0 Å². The fourth-order valence-electron chi connectivity index (χ4n) is 3.73. The van der Waals surface area contributed by atoms with Crippen molar-refractivity contribution >= 4 is 5.91 Å². The quantitative estimate of drug-likeness (QED) is 0.673. The molecular formula is C16H30N2O. The number of likely N-dealkylation sites (tertiary alicyclic amines) is 2. The van der Waals surface area contributed by atoms with Crippen molar-refractivity contribution in [3.05, 3.63) is 0 Å². The van der Waals surface area contributed by atoms with Crippen molar-refractivity contribution in [2.75, 3.05) is 13.1 Å². The minimum atomic E-state index is -0.0525. The highest BCUT2D eigenvalue weighted by Crippen LogP contribution is 2.37. The van der Waals surface area contributed by atoms with E-state index in [1.165, 1.54) is 19.4 Å². The van der Waals surface area contributed by atoms with E-state index in [-0.39, 0.29) is 11.1 Å². The van der Waals surface area contributed by atoms with Gasteiger partial charge in [-0.2, -0.15) is 0 Å². The molecule has 2 aliphatic rings. The number of carbonyl (C=O) groups is 1. The SMILES string of the molecule is CC(C)(C)N1CC2C(CCCN2C(C)(C)C)CC1=O. The van der Waals surface area contributed by atoms with Crippen molar-refractivity contribution in [2.24, 2.45) is 5.92 Å². The fourth-order valence-corrected chi connectivity index (χ4v) is 3.73. The second-order valence-corrected chi connectivity index (χ2v) is 8.21. The summed E-state index contributed by atoms with van der Waals surface area (Å²) in [6, 6.07) is 0.547. The van der Waals surface area contributed by atoms with E-state index in [0.29, 0.717) is 17.9 Å². The summed E-state index contributed by atoms with van der Waals surface area (Å²) >= 11 is 0. The summed E-state index contributed by atoms with van der Waals surface area (Å²) in [5.41, 5.74) is 0.149. The zero-order valence-corrected chi connectivity index (χ0v) is 13.5. The Hall–Kier alpha value is -0.570. The van der Waals surface area contributed by atoms with Gasteiger partial charge in [-0.15, -0.1) is 0 Å². The molecule has 1 amide bonds. The van der Waals surface area contributed by atoms with Crippen LogP contribution in [-0.2, 0) is 4.79 Å². The molecule has 3 nitrogen and oxygen atoms in total. The van der Waals surface area contributed by atoms with Crippen LogP contribution >= 0.6 is 0 Å². The number of carbonyl (C=O) groups excluding carboxylic acids is 1. The summed E-state index contributed by atoms with van der Waals surface area (Å²) < 4.78 is 0. The van der Waals surface area contributed by atoms with Gasteiger partial charge >= 0.3 is 0 Å². The Balaban J connectivity index is 2.22. The van der Waals surface area contributed by atoms with E-state index in [9.17, 15) is 4.79 Å². The highest BCUT2D eigenvalue weighted by atomic mass is 16.2. The first kappa shape index (κ1) is 14.8. The summed E-state index contributed by atoms with van der Waals surface area (Å²) in [5.74, 6) is 0.920. The third-order valence-corrected chi connectivity index (χ3v) is 4.70. The minimum Gasteiger partial charge on any atom is -0.336 e. The number of amides is 1. The van der Waals surface area contributed by atoms with Crippen LogP contribution in [0.25, 0.3) is 0 Å². The molecule has 2 heterocycles. The third-order valence-electron chi connectivity index (χ3n) is 4.70. The lowest BCUT2D eigenvalue weighted by Gasteiger charge is -2.54. The molecule has 0 spiro atoms. The number of nitrogens with zero attached hydrogens (tertiary/aromatic N) is 2. The first-order valence-corrected chi connectivity index (χ1v) is 7.68. The smallest absolute Gasteiger partial charge is 0.223 e. The number of rotatable bonds is 0. The van der Waals surface area contributed by atoms with Crippen LogP contribution in [0.5, 0.6) is 0 Å². The van der Waals surface area contributed by atoms with E-state index in [1.807, 2.05) is 0 Å². The molecule has 2 rings (SSSR count). The van der Waals surface area contributed by atoms with Crippen molar-refractivity contribution in [3.63, 3.8) is 0 Å². The zero-order chi connectivity index (χ0) is 14.4. The molecule has 2 aliphatic heterocycles. The van der Waals surface area contributed by atoms with Crippen LogP contribution < -0.4 is 0 Å². The molecule has 0 aliphatic carbocycles. The summed E-state index contributed by atoms with van der Waals surface area (Å²) in [7, 11) is 0. The van der Waals surface area contributed by atoms with E-state index in [4.69, 9.17) is 0 Å². The highest BCUT2D eigenvalue weighted by molar-refractivity contribution is 5.78. The molecule has 2 atom stereocenters. The maximum Gasteiger partial charge on any atom is 0.223 e. The van der Waals surface area contributed by atoms with Crippen LogP contribution in [-0.4, -0.2) is 45.9 Å². The first-order chi connectivity index (χ1) is 8.60. The molecule has 0 radical (unpaired) electrons. The van der Waals surface area contributed by atoms with Crippen molar-refractivity contribution in [1.29, 1.82) is 0 Å². The monoisotopic (exact) mass is 266 g/mol. The van der Waals surface area contributed by atoms with Gasteiger partial charge in [0, 0.05) is 30.1 Å². The number of hydrogen-bond acceptors (Lipinski definition) is 2. The second-order valence-electron chi connectivity index (χ2n) is 8.21. The lowest BCUT2D eigenvalue weighted by molar-refractivity contribution is -0.148. The Morgan fingerprint density at radius 1 is 1.05 bits per heavy atom. The Morgan fingerprint density at radius 3 is 2.21 bits per heavy atom. The maximum absolute atomic E-state index is 12.4. The Labute approximate surface area is 118 Å². The standard InChI is InChI=1S/C16H30N2O/c1-15(2,3)17-9-7-8-12-10-14(19)18(11-13(12)17)16(4,5)6/h12-13H,7-11H2,1-6H3. The van der Waals surface area contributed by atoms with Crippen molar-refractivity contribution < 1.29 is 4.79 Å². The largest absolute Gasteiger partial charge is 0.336 e. The molecule has 0 bridgehead atoms. The summed E-state index contributed by atoms with van der Waals surface area (Å²) in [4.78, 5) is 17.1. The number of fused-ring (bicyclic) bond motifs is 1. The summed E-state index contributed by atoms with van der Waals surface area (Å²) in [5, 5.41) is 0. The average molecular weight is 266 g/mol. The van der Waals surface area contributed by atoms with Crippen molar-refractivity contribution in [2.45, 2.75) is 77.9 Å². The zero-order valence-electron chi connectivity index (χ0n) is 13.5. The molecular weight excluding hydrogens is 236 g/mol. The van der Waals surface area contributed by atoms with Crippen LogP contribution in [0.15, 0.2) is 0 Å². The number of piperidine rings is 2. The third kappa shape index (κ3) is 2.96. The van der Waals surface area contributed by atoms with Crippen LogP contribution in [0, 0.1) is 5.92 Å². The Morgan fingerprint density at radius 2 is 1.68 bits per heavy atom. The lowest BCUT2D eigenvalue weighted by atomic mass is 9.79. The predicted octanol–water partition coefficient (Wildman–Crippen LogP) is 2.90. The Kier molecular flexibility index (Phi) is 3.72. The molecule has 0 aromatic heterocycles. The average Bonchev–Trinajstić information content (AvgIpc) is 2.24. The normalized spacial score (nSPS) is 30.4. The van der Waals surface area contributed by atoms with E-state index >= 15 is 0 Å². The van der Waals surface area contributed by atoms with Gasteiger partial charge in [0.25, 0.3) is 0 Å². The molecule has 0 aromatic carbocycles. The van der Waals surface area contributed by atoms with E-state index < -0.39 is 0 Å². The van der Waals surface area contributed by atoms with Crippen molar-refractivity contribution in [1.82, 2.24) is 9.80 Å². The van der Waals surface area contributed by atoms with Gasteiger partial charge in [0.05, 0.1) is 0 Å². The van der Waals surface area contributed by atoms with Gasteiger partial charge in [-0.05, 0) is 66.8 Å². The minimum absolute atomic E-state index is 0.0525. The summed E-state index contributed by atoms with van der Waals surface area (Å²) in [6.45, 7) is 15.4.